The molecule has 6 heteroatoms. The highest BCUT2D eigenvalue weighted by atomic mass is 19.3. The first kappa shape index (κ1) is 12.1. The summed E-state index contributed by atoms with van der Waals surface area (Å²) in [5.74, 6) is 0.607. The molecular weight excluding hydrogens is 232 g/mol. The second-order valence-electron chi connectivity index (χ2n) is 3.72. The number of fused-ring (bicyclic) bond motifs is 1. The molecule has 0 aliphatic carbocycles. The van der Waals surface area contributed by atoms with Gasteiger partial charge in [0.2, 0.25) is 0 Å². The summed E-state index contributed by atoms with van der Waals surface area (Å²) in [5, 5.41) is 9.01. The molecule has 1 atom stereocenters. The van der Waals surface area contributed by atoms with E-state index < -0.39 is 12.5 Å². The van der Waals surface area contributed by atoms with Crippen molar-refractivity contribution in [2.75, 3.05) is 19.8 Å². The molecule has 94 valence electrons. The van der Waals surface area contributed by atoms with Crippen LogP contribution in [-0.2, 0) is 0 Å². The van der Waals surface area contributed by atoms with Gasteiger partial charge >= 0.3 is 0 Å². The molecule has 1 aliphatic rings. The van der Waals surface area contributed by atoms with Crippen LogP contribution in [0, 0.1) is 0 Å². The highest BCUT2D eigenvalue weighted by Gasteiger charge is 2.23. The van der Waals surface area contributed by atoms with E-state index in [1.165, 1.54) is 12.1 Å². The van der Waals surface area contributed by atoms with Crippen molar-refractivity contribution in [2.24, 2.45) is 5.73 Å². The standard InChI is InChI=1S/C11H13F2NO3/c12-11(13)6-3-7(8(14)5-15)10-9(4-6)16-1-2-17-10/h3-4,8,11,15H,1-2,5,14H2. The topological polar surface area (TPSA) is 64.7 Å². The van der Waals surface area contributed by atoms with Crippen LogP contribution in [0.1, 0.15) is 23.6 Å². The molecule has 1 heterocycles. The zero-order valence-electron chi connectivity index (χ0n) is 9.03. The van der Waals surface area contributed by atoms with Crippen LogP contribution >= 0.6 is 0 Å². The molecule has 0 amide bonds. The van der Waals surface area contributed by atoms with E-state index in [1.807, 2.05) is 0 Å². The number of rotatable bonds is 3. The molecule has 0 saturated carbocycles. The van der Waals surface area contributed by atoms with Crippen molar-refractivity contribution in [1.29, 1.82) is 0 Å². The number of aliphatic hydroxyl groups is 1. The molecule has 1 aromatic carbocycles. The minimum Gasteiger partial charge on any atom is -0.486 e. The summed E-state index contributed by atoms with van der Waals surface area (Å²) in [4.78, 5) is 0. The van der Waals surface area contributed by atoms with Crippen molar-refractivity contribution in [1.82, 2.24) is 0 Å². The molecule has 1 aliphatic heterocycles. The average Bonchev–Trinajstić information content (AvgIpc) is 2.36. The number of hydrogen-bond acceptors (Lipinski definition) is 4. The average molecular weight is 245 g/mol. The smallest absolute Gasteiger partial charge is 0.263 e. The Kier molecular flexibility index (Phi) is 3.44. The highest BCUT2D eigenvalue weighted by molar-refractivity contribution is 5.51. The molecular formula is C11H13F2NO3. The van der Waals surface area contributed by atoms with E-state index in [9.17, 15) is 8.78 Å². The predicted octanol–water partition coefficient (Wildman–Crippen LogP) is 1.39. The summed E-state index contributed by atoms with van der Waals surface area (Å²) in [6, 6.07) is 1.73. The van der Waals surface area contributed by atoms with Crippen molar-refractivity contribution >= 4 is 0 Å². The SMILES string of the molecule is NC(CO)c1cc(C(F)F)cc2c1OCCO2. The van der Waals surface area contributed by atoms with Crippen LogP contribution in [0.5, 0.6) is 11.5 Å². The number of hydrogen-bond donors (Lipinski definition) is 2. The summed E-state index contributed by atoms with van der Waals surface area (Å²) in [6.45, 7) is 0.308. The Labute approximate surface area is 96.9 Å². The molecule has 0 aromatic heterocycles. The fraction of sp³-hybridized carbons (Fsp3) is 0.455. The maximum Gasteiger partial charge on any atom is 0.263 e. The van der Waals surface area contributed by atoms with Crippen molar-refractivity contribution in [3.05, 3.63) is 23.3 Å². The third-order valence-electron chi connectivity index (χ3n) is 2.54. The molecule has 1 aromatic rings. The van der Waals surface area contributed by atoms with Gasteiger partial charge in [-0.3, -0.25) is 0 Å². The Morgan fingerprint density at radius 3 is 2.65 bits per heavy atom. The lowest BCUT2D eigenvalue weighted by Crippen LogP contribution is -2.21. The van der Waals surface area contributed by atoms with Crippen LogP contribution in [0.4, 0.5) is 8.78 Å². The van der Waals surface area contributed by atoms with Crippen LogP contribution in [0.3, 0.4) is 0 Å². The largest absolute Gasteiger partial charge is 0.486 e. The predicted molar refractivity (Wildman–Crippen MR) is 56.4 cm³/mol. The van der Waals surface area contributed by atoms with Gasteiger partial charge in [-0.15, -0.1) is 0 Å². The number of nitrogens with two attached hydrogens (primary N) is 1. The molecule has 0 fully saturated rings. The van der Waals surface area contributed by atoms with E-state index in [0.29, 0.717) is 24.5 Å². The van der Waals surface area contributed by atoms with Gasteiger partial charge in [-0.1, -0.05) is 0 Å². The van der Waals surface area contributed by atoms with E-state index in [4.69, 9.17) is 20.3 Å². The lowest BCUT2D eigenvalue weighted by Gasteiger charge is -2.24. The van der Waals surface area contributed by atoms with Gasteiger partial charge in [0, 0.05) is 11.1 Å². The summed E-state index contributed by atoms with van der Waals surface area (Å²) in [6.07, 6.45) is -2.62. The first-order valence-corrected chi connectivity index (χ1v) is 5.21. The van der Waals surface area contributed by atoms with E-state index in [0.717, 1.165) is 0 Å². The number of benzene rings is 1. The van der Waals surface area contributed by atoms with Crippen LogP contribution in [0.25, 0.3) is 0 Å². The lowest BCUT2D eigenvalue weighted by atomic mass is 10.0. The molecule has 0 radical (unpaired) electrons. The summed E-state index contributed by atoms with van der Waals surface area (Å²) in [7, 11) is 0. The maximum absolute atomic E-state index is 12.7. The van der Waals surface area contributed by atoms with Crippen molar-refractivity contribution < 1.29 is 23.4 Å². The third-order valence-corrected chi connectivity index (χ3v) is 2.54. The molecule has 0 bridgehead atoms. The molecule has 1 unspecified atom stereocenters. The molecule has 0 saturated heterocycles. The van der Waals surface area contributed by atoms with E-state index >= 15 is 0 Å². The minimum absolute atomic E-state index is 0.187. The van der Waals surface area contributed by atoms with E-state index in [1.54, 1.807) is 0 Å². The van der Waals surface area contributed by atoms with Crippen LogP contribution < -0.4 is 15.2 Å². The zero-order valence-corrected chi connectivity index (χ0v) is 9.03. The van der Waals surface area contributed by atoms with Gasteiger partial charge in [-0.05, 0) is 12.1 Å². The second-order valence-corrected chi connectivity index (χ2v) is 3.72. The van der Waals surface area contributed by atoms with Crippen molar-refractivity contribution in [3.8, 4) is 11.5 Å². The molecule has 0 spiro atoms. The second kappa shape index (κ2) is 4.85. The molecule has 3 N–H and O–H groups in total. The fourth-order valence-corrected chi connectivity index (χ4v) is 1.70. The van der Waals surface area contributed by atoms with E-state index in [2.05, 4.69) is 0 Å². The highest BCUT2D eigenvalue weighted by Crippen LogP contribution is 2.39. The third kappa shape index (κ3) is 2.32. The monoisotopic (exact) mass is 245 g/mol. The maximum atomic E-state index is 12.7. The van der Waals surface area contributed by atoms with Crippen LogP contribution in [0.2, 0.25) is 0 Å². The van der Waals surface area contributed by atoms with Gasteiger partial charge in [-0.2, -0.15) is 0 Å². The van der Waals surface area contributed by atoms with Gasteiger partial charge < -0.3 is 20.3 Å². The van der Waals surface area contributed by atoms with Gasteiger partial charge in [0.25, 0.3) is 6.43 Å². The molecule has 2 rings (SSSR count). The molecule has 4 nitrogen and oxygen atoms in total. The minimum atomic E-state index is -2.62. The number of halogens is 2. The Morgan fingerprint density at radius 2 is 2.00 bits per heavy atom. The fourth-order valence-electron chi connectivity index (χ4n) is 1.70. The zero-order chi connectivity index (χ0) is 12.4. The van der Waals surface area contributed by atoms with Crippen molar-refractivity contribution in [3.63, 3.8) is 0 Å². The molecule has 17 heavy (non-hydrogen) atoms. The number of ether oxygens (including phenoxy) is 2. The van der Waals surface area contributed by atoms with Crippen LogP contribution in [0.15, 0.2) is 12.1 Å². The Balaban J connectivity index is 2.50. The van der Waals surface area contributed by atoms with Crippen molar-refractivity contribution in [2.45, 2.75) is 12.5 Å². The van der Waals surface area contributed by atoms with Gasteiger partial charge in [0.05, 0.1) is 12.6 Å². The van der Waals surface area contributed by atoms with Gasteiger partial charge in [0.1, 0.15) is 13.2 Å². The van der Waals surface area contributed by atoms with E-state index in [-0.39, 0.29) is 17.9 Å². The first-order chi connectivity index (χ1) is 8.13. The summed E-state index contributed by atoms with van der Waals surface area (Å²) >= 11 is 0. The Morgan fingerprint density at radius 1 is 1.29 bits per heavy atom. The summed E-state index contributed by atoms with van der Waals surface area (Å²) in [5.41, 5.74) is 5.82. The Bertz CT molecular complexity index is 412. The normalized spacial score (nSPS) is 16.1. The number of alkyl halides is 2. The first-order valence-electron chi connectivity index (χ1n) is 5.21. The van der Waals surface area contributed by atoms with Crippen LogP contribution in [-0.4, -0.2) is 24.9 Å². The van der Waals surface area contributed by atoms with Gasteiger partial charge in [0.15, 0.2) is 11.5 Å². The Hall–Kier alpha value is -1.40. The quantitative estimate of drug-likeness (QED) is 0.844. The lowest BCUT2D eigenvalue weighted by molar-refractivity contribution is 0.145. The summed E-state index contributed by atoms with van der Waals surface area (Å²) < 4.78 is 36.0. The number of aliphatic hydroxyl groups excluding tert-OH is 1. The van der Waals surface area contributed by atoms with Gasteiger partial charge in [-0.25, -0.2) is 8.78 Å².